The summed E-state index contributed by atoms with van der Waals surface area (Å²) in [6.07, 6.45) is 1.99. The Morgan fingerprint density at radius 3 is 2.35 bits per heavy atom. The van der Waals surface area contributed by atoms with Crippen LogP contribution in [0, 0.1) is 13.8 Å². The van der Waals surface area contributed by atoms with Crippen LogP contribution in [0.2, 0.25) is 0 Å². The highest BCUT2D eigenvalue weighted by molar-refractivity contribution is 7.09. The molecule has 2 rings (SSSR count). The first-order valence-electron chi connectivity index (χ1n) is 6.92. The van der Waals surface area contributed by atoms with Gasteiger partial charge in [0.25, 0.3) is 0 Å². The molecule has 0 aliphatic heterocycles. The Bertz CT molecular complexity index is 552. The predicted octanol–water partition coefficient (Wildman–Crippen LogP) is 3.03. The number of aryl methyl sites for hydroxylation is 2. The molecule has 0 amide bonds. The maximum Gasteiger partial charge on any atom is 0.131 e. The van der Waals surface area contributed by atoms with Gasteiger partial charge in [-0.05, 0) is 20.3 Å². The smallest absolute Gasteiger partial charge is 0.131 e. The second-order valence-corrected chi connectivity index (χ2v) is 5.61. The maximum absolute atomic E-state index is 4.45. The topological polar surface area (TPSA) is 62.7 Å². The minimum Gasteiger partial charge on any atom is -0.370 e. The van der Waals surface area contributed by atoms with Crippen LogP contribution in [0.4, 0.5) is 11.6 Å². The minimum atomic E-state index is 0.777. The fourth-order valence-corrected chi connectivity index (χ4v) is 2.59. The van der Waals surface area contributed by atoms with Crippen molar-refractivity contribution < 1.29 is 0 Å². The lowest BCUT2D eigenvalue weighted by Gasteiger charge is -2.09. The number of anilines is 2. The van der Waals surface area contributed by atoms with E-state index in [-0.39, 0.29) is 0 Å². The monoisotopic (exact) mass is 291 g/mol. The number of hydrogen-bond donors (Lipinski definition) is 2. The van der Waals surface area contributed by atoms with Gasteiger partial charge < -0.3 is 10.6 Å². The van der Waals surface area contributed by atoms with E-state index in [0.717, 1.165) is 54.1 Å². The highest BCUT2D eigenvalue weighted by atomic mass is 32.1. The van der Waals surface area contributed by atoms with Gasteiger partial charge in [0.2, 0.25) is 0 Å². The Labute approximate surface area is 123 Å². The summed E-state index contributed by atoms with van der Waals surface area (Å²) in [4.78, 5) is 13.2. The van der Waals surface area contributed by atoms with E-state index in [1.165, 1.54) is 0 Å². The fourth-order valence-electron chi connectivity index (χ4n) is 1.82. The Kier molecular flexibility index (Phi) is 5.29. The average Bonchev–Trinajstić information content (AvgIpc) is 2.81. The summed E-state index contributed by atoms with van der Waals surface area (Å²) in [5, 5.41) is 9.86. The van der Waals surface area contributed by atoms with Crippen molar-refractivity contribution >= 4 is 23.0 Å². The number of rotatable bonds is 7. The van der Waals surface area contributed by atoms with Crippen molar-refractivity contribution in [3.63, 3.8) is 0 Å². The Morgan fingerprint density at radius 2 is 1.75 bits per heavy atom. The Balaban J connectivity index is 1.89. The Hall–Kier alpha value is -1.69. The average molecular weight is 291 g/mol. The van der Waals surface area contributed by atoms with Gasteiger partial charge in [-0.25, -0.2) is 15.0 Å². The fraction of sp³-hybridized carbons (Fsp3) is 0.500. The first-order valence-corrected chi connectivity index (χ1v) is 7.79. The zero-order valence-electron chi connectivity index (χ0n) is 12.2. The molecule has 0 spiro atoms. The van der Waals surface area contributed by atoms with Crippen molar-refractivity contribution in [3.8, 4) is 0 Å². The third kappa shape index (κ3) is 4.45. The number of nitrogens with one attached hydrogen (secondary N) is 2. The summed E-state index contributed by atoms with van der Waals surface area (Å²) >= 11 is 1.71. The first kappa shape index (κ1) is 14.7. The van der Waals surface area contributed by atoms with E-state index in [4.69, 9.17) is 0 Å². The van der Waals surface area contributed by atoms with E-state index < -0.39 is 0 Å². The van der Waals surface area contributed by atoms with Crippen LogP contribution in [-0.2, 0) is 6.42 Å². The van der Waals surface area contributed by atoms with E-state index in [0.29, 0.717) is 0 Å². The van der Waals surface area contributed by atoms with Gasteiger partial charge in [-0.1, -0.05) is 6.92 Å². The van der Waals surface area contributed by atoms with Gasteiger partial charge in [0.15, 0.2) is 0 Å². The molecule has 2 aromatic rings. The van der Waals surface area contributed by atoms with Gasteiger partial charge in [0, 0.05) is 36.7 Å². The number of thiazole rings is 1. The summed E-state index contributed by atoms with van der Waals surface area (Å²) < 4.78 is 0. The minimum absolute atomic E-state index is 0.777. The largest absolute Gasteiger partial charge is 0.370 e. The van der Waals surface area contributed by atoms with Crippen LogP contribution < -0.4 is 10.6 Å². The predicted molar refractivity (Wildman–Crippen MR) is 84.6 cm³/mol. The molecule has 0 aromatic carbocycles. The summed E-state index contributed by atoms with van der Waals surface area (Å²) in [7, 11) is 0. The molecule has 5 nitrogen and oxygen atoms in total. The molecular formula is C14H21N5S. The van der Waals surface area contributed by atoms with Crippen LogP contribution in [0.3, 0.4) is 0 Å². The highest BCUT2D eigenvalue weighted by Gasteiger charge is 2.02. The first-order chi connectivity index (χ1) is 9.67. The lowest BCUT2D eigenvalue weighted by molar-refractivity contribution is 0.942. The lowest BCUT2D eigenvalue weighted by atomic mass is 10.4. The molecule has 6 heteroatoms. The molecular weight excluding hydrogens is 270 g/mol. The molecule has 2 heterocycles. The summed E-state index contributed by atoms with van der Waals surface area (Å²) in [5.74, 6) is 2.52. The van der Waals surface area contributed by atoms with Crippen LogP contribution >= 0.6 is 11.3 Å². The SMILES string of the molecule is CCCNc1cc(NCCc2nc(C)cs2)nc(C)n1. The zero-order chi connectivity index (χ0) is 14.4. The van der Waals surface area contributed by atoms with Crippen molar-refractivity contribution in [1.29, 1.82) is 0 Å². The summed E-state index contributed by atoms with van der Waals surface area (Å²) in [6.45, 7) is 7.82. The third-order valence-electron chi connectivity index (χ3n) is 2.71. The standard InChI is InChI=1S/C14H21N5S/c1-4-6-15-12-8-13(19-11(3)18-12)16-7-5-14-17-10(2)9-20-14/h8-9H,4-7H2,1-3H3,(H2,15,16,18,19). The summed E-state index contributed by atoms with van der Waals surface area (Å²) in [5.41, 5.74) is 1.09. The van der Waals surface area contributed by atoms with Crippen LogP contribution in [-0.4, -0.2) is 28.0 Å². The van der Waals surface area contributed by atoms with E-state index >= 15 is 0 Å². The zero-order valence-corrected chi connectivity index (χ0v) is 13.0. The molecule has 2 N–H and O–H groups in total. The second kappa shape index (κ2) is 7.19. The molecule has 0 aliphatic rings. The highest BCUT2D eigenvalue weighted by Crippen LogP contribution is 2.12. The molecule has 0 saturated carbocycles. The number of aromatic nitrogens is 3. The van der Waals surface area contributed by atoms with E-state index in [1.807, 2.05) is 19.9 Å². The maximum atomic E-state index is 4.45. The van der Waals surface area contributed by atoms with E-state index in [9.17, 15) is 0 Å². The lowest BCUT2D eigenvalue weighted by Crippen LogP contribution is -2.09. The van der Waals surface area contributed by atoms with Crippen molar-refractivity contribution in [2.75, 3.05) is 23.7 Å². The van der Waals surface area contributed by atoms with Gasteiger partial charge in [-0.3, -0.25) is 0 Å². The molecule has 0 saturated heterocycles. The molecule has 0 unspecified atom stereocenters. The van der Waals surface area contributed by atoms with Gasteiger partial charge in [0.05, 0.1) is 5.01 Å². The molecule has 0 fully saturated rings. The second-order valence-electron chi connectivity index (χ2n) is 4.67. The molecule has 2 aromatic heterocycles. The molecule has 0 atom stereocenters. The van der Waals surface area contributed by atoms with E-state index in [2.05, 4.69) is 37.9 Å². The number of hydrogen-bond acceptors (Lipinski definition) is 6. The van der Waals surface area contributed by atoms with Gasteiger partial charge in [-0.15, -0.1) is 11.3 Å². The van der Waals surface area contributed by atoms with Crippen molar-refractivity contribution in [3.05, 3.63) is 28.0 Å². The van der Waals surface area contributed by atoms with Crippen molar-refractivity contribution in [2.24, 2.45) is 0 Å². The van der Waals surface area contributed by atoms with Crippen molar-refractivity contribution in [2.45, 2.75) is 33.6 Å². The van der Waals surface area contributed by atoms with Gasteiger partial charge in [0.1, 0.15) is 17.5 Å². The van der Waals surface area contributed by atoms with Crippen LogP contribution in [0.15, 0.2) is 11.4 Å². The van der Waals surface area contributed by atoms with Gasteiger partial charge in [-0.2, -0.15) is 0 Å². The quantitative estimate of drug-likeness (QED) is 0.821. The number of nitrogens with zero attached hydrogens (tertiary/aromatic N) is 3. The molecule has 0 radical (unpaired) electrons. The molecule has 0 aliphatic carbocycles. The van der Waals surface area contributed by atoms with Crippen LogP contribution in [0.5, 0.6) is 0 Å². The van der Waals surface area contributed by atoms with E-state index in [1.54, 1.807) is 11.3 Å². The van der Waals surface area contributed by atoms with Crippen LogP contribution in [0.1, 0.15) is 29.9 Å². The molecule has 20 heavy (non-hydrogen) atoms. The van der Waals surface area contributed by atoms with Crippen LogP contribution in [0.25, 0.3) is 0 Å². The van der Waals surface area contributed by atoms with Crippen molar-refractivity contribution in [1.82, 2.24) is 15.0 Å². The Morgan fingerprint density at radius 1 is 1.05 bits per heavy atom. The molecule has 0 bridgehead atoms. The molecule has 108 valence electrons. The summed E-state index contributed by atoms with van der Waals surface area (Å²) in [6, 6.07) is 1.95. The van der Waals surface area contributed by atoms with Gasteiger partial charge >= 0.3 is 0 Å². The normalized spacial score (nSPS) is 10.6. The third-order valence-corrected chi connectivity index (χ3v) is 3.73.